The Hall–Kier alpha value is -8.97. The predicted octanol–water partition coefficient (Wildman–Crippen LogP) is -3.63. The number of carboxylic acid groups (broad SMARTS) is 1. The number of fused-ring (bicyclic) bond motifs is 1. The summed E-state index contributed by atoms with van der Waals surface area (Å²) in [5.74, 6) is -10.0. The minimum absolute atomic E-state index is 0.0437. The summed E-state index contributed by atoms with van der Waals surface area (Å²) in [6, 6.07) is 0.892. The van der Waals surface area contributed by atoms with Gasteiger partial charge in [-0.2, -0.15) is 0 Å². The number of rotatable bonds is 36. The summed E-state index contributed by atoms with van der Waals surface area (Å²) < 4.78 is 0. The average molecular weight is 1250 g/mol. The van der Waals surface area contributed by atoms with Crippen LogP contribution in [0, 0.1) is 5.92 Å². The number of aliphatic carboxylic acids is 1. The molecule has 1 aromatic heterocycles. The molecule has 1 aliphatic rings. The number of nitrogens with one attached hydrogen (secondary N) is 9. The first-order chi connectivity index (χ1) is 42.2. The number of guanidine groups is 2. The fraction of sp³-hybridized carbons (Fsp3) is 0.569. The summed E-state index contributed by atoms with van der Waals surface area (Å²) in [5, 5.41) is 53.3. The maximum atomic E-state index is 14.6. The number of aliphatic imine (C=N–C) groups is 2. The zero-order valence-corrected chi connectivity index (χ0v) is 51.0. The lowest BCUT2D eigenvalue weighted by atomic mass is 9.91. The van der Waals surface area contributed by atoms with Crippen molar-refractivity contribution < 1.29 is 63.3 Å². The molecule has 11 atom stereocenters. The molecule has 0 radical (unpaired) electrons. The first-order valence-corrected chi connectivity index (χ1v) is 29.8. The van der Waals surface area contributed by atoms with E-state index in [1.807, 2.05) is 24.3 Å². The Balaban J connectivity index is 1.52. The standard InChI is InChI=1S/C58H90N18O13/c1-6-31(2)46(56(89)76(29-45(80)81)38-18-8-7-9-19-38)73-51(84)41(22-14-24-66-58(62)63)70-44(79)28-67-54(87)47(33(4)77)75-55(88)48(34(5)78)74-53(86)43(26-37-27-64-30-68-37)72-52(85)42(25-36-17-12-16-35-15-10-11-20-39(35)36)71-49(82)32(3)69-50(83)40(59)21-13-23-65-57(60)61/h10-12,15-17,20,27,30-34,38,40-43,46-48,77-78H,6-9,13-14,18-19,21-26,28-29,59H2,1-5H3,(H,64,68)(H,67,87)(H,69,83)(H,70,79)(H,71,82)(H,72,85)(H,73,84)(H,74,86)(H,75,88)(H,80,81)(H4,60,61,65)(H4,62,63,66)/t31?,32-,33+,34+,40-,41-,42-,43-,46-,47-,48-/m0/s1. The molecule has 1 unspecified atom stereocenters. The molecule has 1 fully saturated rings. The van der Waals surface area contributed by atoms with Gasteiger partial charge in [-0.15, -0.1) is 0 Å². The van der Waals surface area contributed by atoms with E-state index < -0.39 is 139 Å². The molecule has 0 bridgehead atoms. The van der Waals surface area contributed by atoms with Crippen LogP contribution in [0.15, 0.2) is 65.0 Å². The number of H-pyrrole nitrogens is 1. The number of aromatic nitrogens is 2. The van der Waals surface area contributed by atoms with E-state index in [0.717, 1.165) is 43.9 Å². The zero-order valence-electron chi connectivity index (χ0n) is 51.0. The van der Waals surface area contributed by atoms with E-state index in [2.05, 4.69) is 62.5 Å². The Labute approximate surface area is 516 Å². The number of nitrogens with two attached hydrogens (primary N) is 5. The molecule has 490 valence electrons. The second-order valence-electron chi connectivity index (χ2n) is 22.3. The summed E-state index contributed by atoms with van der Waals surface area (Å²) in [6.07, 6.45) is 3.70. The third-order valence-electron chi connectivity index (χ3n) is 15.1. The second-order valence-corrected chi connectivity index (χ2v) is 22.3. The van der Waals surface area contributed by atoms with Crippen molar-refractivity contribution in [1.82, 2.24) is 57.4 Å². The van der Waals surface area contributed by atoms with Crippen molar-refractivity contribution >= 4 is 81.8 Å². The van der Waals surface area contributed by atoms with Gasteiger partial charge in [0, 0.05) is 43.9 Å². The van der Waals surface area contributed by atoms with E-state index in [1.54, 1.807) is 32.0 Å². The van der Waals surface area contributed by atoms with Gasteiger partial charge in [0.1, 0.15) is 48.8 Å². The molecule has 22 N–H and O–H groups in total. The van der Waals surface area contributed by atoms with E-state index in [1.165, 1.54) is 24.3 Å². The molecule has 0 saturated heterocycles. The van der Waals surface area contributed by atoms with Gasteiger partial charge in [-0.3, -0.25) is 57.9 Å². The summed E-state index contributed by atoms with van der Waals surface area (Å²) in [4.78, 5) is 153. The zero-order chi connectivity index (χ0) is 65.9. The molecule has 4 rings (SSSR count). The van der Waals surface area contributed by atoms with Gasteiger partial charge in [0.2, 0.25) is 53.2 Å². The Morgan fingerprint density at radius 3 is 1.82 bits per heavy atom. The Morgan fingerprint density at radius 1 is 0.652 bits per heavy atom. The van der Waals surface area contributed by atoms with Gasteiger partial charge < -0.3 is 96.4 Å². The molecular weight excluding hydrogens is 1160 g/mol. The number of aromatic amines is 1. The summed E-state index contributed by atoms with van der Waals surface area (Å²) >= 11 is 0. The predicted molar refractivity (Wildman–Crippen MR) is 329 cm³/mol. The van der Waals surface area contributed by atoms with E-state index in [0.29, 0.717) is 36.9 Å². The number of hydrogen-bond acceptors (Lipinski definition) is 16. The van der Waals surface area contributed by atoms with Crippen LogP contribution in [0.2, 0.25) is 0 Å². The van der Waals surface area contributed by atoms with Crippen molar-refractivity contribution in [1.29, 1.82) is 0 Å². The summed E-state index contributed by atoms with van der Waals surface area (Å²) in [6.45, 7) is 6.07. The van der Waals surface area contributed by atoms with Crippen LogP contribution in [-0.4, -0.2) is 194 Å². The largest absolute Gasteiger partial charge is 0.480 e. The van der Waals surface area contributed by atoms with Crippen molar-refractivity contribution in [2.75, 3.05) is 26.2 Å². The van der Waals surface area contributed by atoms with Gasteiger partial charge in [-0.05, 0) is 81.5 Å². The van der Waals surface area contributed by atoms with Gasteiger partial charge in [0.15, 0.2) is 11.9 Å². The van der Waals surface area contributed by atoms with Gasteiger partial charge in [0.05, 0.1) is 31.1 Å². The quantitative estimate of drug-likeness (QED) is 0.0152. The first kappa shape index (κ1) is 72.5. The van der Waals surface area contributed by atoms with Crippen molar-refractivity contribution in [3.05, 3.63) is 66.2 Å². The number of imidazole rings is 1. The molecule has 31 nitrogen and oxygen atoms in total. The van der Waals surface area contributed by atoms with E-state index in [9.17, 15) is 63.3 Å². The number of aliphatic hydroxyl groups excluding tert-OH is 2. The lowest BCUT2D eigenvalue weighted by Gasteiger charge is -2.37. The third kappa shape index (κ3) is 23.9. The molecule has 1 heterocycles. The van der Waals surface area contributed by atoms with E-state index in [-0.39, 0.29) is 63.2 Å². The highest BCUT2D eigenvalue weighted by Gasteiger charge is 2.39. The van der Waals surface area contributed by atoms with Crippen LogP contribution in [0.3, 0.4) is 0 Å². The van der Waals surface area contributed by atoms with Gasteiger partial charge in [-0.25, -0.2) is 4.98 Å². The second kappa shape index (κ2) is 36.4. The number of carboxylic acids is 1. The van der Waals surface area contributed by atoms with Gasteiger partial charge in [-0.1, -0.05) is 82.0 Å². The van der Waals surface area contributed by atoms with Crippen LogP contribution in [0.25, 0.3) is 10.8 Å². The number of nitrogens with zero attached hydrogens (tertiary/aromatic N) is 4. The van der Waals surface area contributed by atoms with Crippen molar-refractivity contribution in [3.63, 3.8) is 0 Å². The molecule has 89 heavy (non-hydrogen) atoms. The maximum Gasteiger partial charge on any atom is 0.323 e. The van der Waals surface area contributed by atoms with Gasteiger partial charge >= 0.3 is 5.97 Å². The average Bonchev–Trinajstić information content (AvgIpc) is 3.57. The molecule has 2 aromatic carbocycles. The third-order valence-corrected chi connectivity index (χ3v) is 15.1. The summed E-state index contributed by atoms with van der Waals surface area (Å²) in [5.41, 5.74) is 28.8. The maximum absolute atomic E-state index is 14.6. The van der Waals surface area contributed by atoms with Crippen LogP contribution in [0.4, 0.5) is 0 Å². The lowest BCUT2D eigenvalue weighted by Crippen LogP contribution is -2.63. The Kier molecular flexibility index (Phi) is 29.6. The van der Waals surface area contributed by atoms with E-state index >= 15 is 0 Å². The van der Waals surface area contributed by atoms with Crippen molar-refractivity contribution in [2.45, 2.75) is 178 Å². The number of benzene rings is 2. The van der Waals surface area contributed by atoms with E-state index in [4.69, 9.17) is 28.7 Å². The molecule has 0 aliphatic heterocycles. The van der Waals surface area contributed by atoms with Crippen LogP contribution < -0.4 is 71.2 Å². The molecule has 0 spiro atoms. The molecule has 3 aromatic rings. The topological polar surface area (TPSA) is 514 Å². The fourth-order valence-electron chi connectivity index (χ4n) is 9.97. The summed E-state index contributed by atoms with van der Waals surface area (Å²) in [7, 11) is 0. The number of carbonyl (C=O) groups excluding carboxylic acids is 9. The number of amides is 9. The SMILES string of the molecule is CCC(C)[C@H](NC(=O)[C@H](CCCN=C(N)N)NC(=O)CNC(=O)[C@@H](NC(=O)[C@@H](NC(=O)[C@H](Cc1cnc[nH]1)NC(=O)[C@H](Cc1cccc2ccccc12)NC(=O)[C@H](C)NC(=O)[C@@H](N)CCCN=C(N)N)[C@@H](C)O)[C@@H](C)O)C(=O)N(CC(=O)O)C1CCCCC1. The van der Waals surface area contributed by atoms with Crippen LogP contribution in [0.1, 0.15) is 110 Å². The molecule has 1 saturated carbocycles. The number of carbonyl (C=O) groups is 10. The van der Waals surface area contributed by atoms with Crippen molar-refractivity contribution in [2.24, 2.45) is 44.6 Å². The highest BCUT2D eigenvalue weighted by Crippen LogP contribution is 2.25. The smallest absolute Gasteiger partial charge is 0.323 e. The minimum Gasteiger partial charge on any atom is -0.480 e. The first-order valence-electron chi connectivity index (χ1n) is 29.8. The molecule has 31 heteroatoms. The molecule has 1 aliphatic carbocycles. The number of hydrogen-bond donors (Lipinski definition) is 17. The minimum atomic E-state index is -1.86. The normalized spacial score (nSPS) is 16.0. The fourth-order valence-corrected chi connectivity index (χ4v) is 9.97. The van der Waals surface area contributed by atoms with Crippen LogP contribution >= 0.6 is 0 Å². The Morgan fingerprint density at radius 2 is 1.21 bits per heavy atom. The highest BCUT2D eigenvalue weighted by molar-refractivity contribution is 5.99. The molecule has 9 amide bonds. The Bertz CT molecular complexity index is 2920. The van der Waals surface area contributed by atoms with Gasteiger partial charge in [0.25, 0.3) is 0 Å². The highest BCUT2D eigenvalue weighted by atomic mass is 16.4. The number of aliphatic hydroxyl groups is 2. The van der Waals surface area contributed by atoms with Crippen LogP contribution in [-0.2, 0) is 60.8 Å². The van der Waals surface area contributed by atoms with Crippen molar-refractivity contribution in [3.8, 4) is 0 Å². The molecular formula is C58H90N18O13. The monoisotopic (exact) mass is 1250 g/mol. The van der Waals surface area contributed by atoms with Crippen LogP contribution in [0.5, 0.6) is 0 Å². The lowest BCUT2D eigenvalue weighted by molar-refractivity contribution is -0.149.